The maximum absolute atomic E-state index is 13.2. The summed E-state index contributed by atoms with van der Waals surface area (Å²) < 4.78 is 12.6. The molecule has 43 heavy (non-hydrogen) atoms. The van der Waals surface area contributed by atoms with Crippen molar-refractivity contribution in [1.29, 1.82) is 0 Å². The van der Waals surface area contributed by atoms with Crippen molar-refractivity contribution in [3.8, 4) is 16.9 Å². The molecule has 1 heterocycles. The maximum Gasteiger partial charge on any atom is 0.345 e. The molecule has 4 aromatic carbocycles. The number of benzene rings is 4. The number of fused-ring (bicyclic) bond motifs is 1. The SMILES string of the molecule is CCCCc1oc2ccccc2c1C(=O)CNCc1ccc(-c2ccc(OC(Cc3ccccc3)C(=O)O)c(Br)c2)cc1. The Balaban J connectivity index is 1.19. The van der Waals surface area contributed by atoms with Crippen LogP contribution in [0, 0.1) is 0 Å². The number of ketones is 1. The molecule has 0 spiro atoms. The molecule has 2 N–H and O–H groups in total. The average Bonchev–Trinajstić information content (AvgIpc) is 3.40. The second-order valence-electron chi connectivity index (χ2n) is 10.5. The summed E-state index contributed by atoms with van der Waals surface area (Å²) in [5.41, 5.74) is 5.39. The molecule has 6 nitrogen and oxygen atoms in total. The number of aliphatic carboxylic acids is 1. The van der Waals surface area contributed by atoms with Crippen LogP contribution in [0.4, 0.5) is 0 Å². The van der Waals surface area contributed by atoms with Crippen LogP contribution in [0.25, 0.3) is 22.1 Å². The van der Waals surface area contributed by atoms with Crippen molar-refractivity contribution in [3.63, 3.8) is 0 Å². The summed E-state index contributed by atoms with van der Waals surface area (Å²) in [6.07, 6.45) is 2.03. The Morgan fingerprint density at radius 1 is 0.907 bits per heavy atom. The molecule has 0 saturated heterocycles. The summed E-state index contributed by atoms with van der Waals surface area (Å²) in [6.45, 7) is 2.91. The first-order valence-electron chi connectivity index (χ1n) is 14.5. The third-order valence-electron chi connectivity index (χ3n) is 7.35. The number of para-hydroxylation sites is 1. The number of unbranched alkanes of at least 4 members (excludes halogenated alkanes) is 1. The van der Waals surface area contributed by atoms with Gasteiger partial charge in [0, 0.05) is 24.8 Å². The zero-order valence-electron chi connectivity index (χ0n) is 24.0. The Morgan fingerprint density at radius 2 is 1.63 bits per heavy atom. The summed E-state index contributed by atoms with van der Waals surface area (Å²) in [4.78, 5) is 25.1. The highest BCUT2D eigenvalue weighted by molar-refractivity contribution is 9.10. The number of carboxylic acids is 1. The molecule has 5 aromatic rings. The number of Topliss-reactive ketones (excluding diaryl/α,β-unsaturated/α-hetero) is 1. The second-order valence-corrected chi connectivity index (χ2v) is 11.4. The van der Waals surface area contributed by atoms with Crippen molar-refractivity contribution in [2.45, 2.75) is 45.3 Å². The Hall–Kier alpha value is -4.20. The summed E-state index contributed by atoms with van der Waals surface area (Å²) in [7, 11) is 0. The van der Waals surface area contributed by atoms with E-state index in [0.717, 1.165) is 58.2 Å². The zero-order chi connectivity index (χ0) is 30.2. The molecule has 5 rings (SSSR count). The van der Waals surface area contributed by atoms with Gasteiger partial charge < -0.3 is 19.6 Å². The summed E-state index contributed by atoms with van der Waals surface area (Å²) in [6, 6.07) is 30.9. The second kappa shape index (κ2) is 14.3. The molecule has 0 fully saturated rings. The van der Waals surface area contributed by atoms with E-state index in [2.05, 4.69) is 28.2 Å². The molecule has 0 saturated carbocycles. The van der Waals surface area contributed by atoms with Gasteiger partial charge in [0.15, 0.2) is 11.9 Å². The predicted molar refractivity (Wildman–Crippen MR) is 173 cm³/mol. The first kappa shape index (κ1) is 30.3. The number of ether oxygens (including phenoxy) is 1. The topological polar surface area (TPSA) is 88.8 Å². The van der Waals surface area contributed by atoms with E-state index in [4.69, 9.17) is 9.15 Å². The lowest BCUT2D eigenvalue weighted by Crippen LogP contribution is -2.29. The quantitative estimate of drug-likeness (QED) is 0.119. The Bertz CT molecular complexity index is 1690. The Labute approximate surface area is 259 Å². The van der Waals surface area contributed by atoms with Crippen LogP contribution in [0.5, 0.6) is 5.75 Å². The summed E-state index contributed by atoms with van der Waals surface area (Å²) in [5.74, 6) is 0.270. The van der Waals surface area contributed by atoms with Crippen LogP contribution < -0.4 is 10.1 Å². The highest BCUT2D eigenvalue weighted by atomic mass is 79.9. The van der Waals surface area contributed by atoms with E-state index in [1.165, 1.54) is 0 Å². The smallest absolute Gasteiger partial charge is 0.345 e. The minimum Gasteiger partial charge on any atom is -0.478 e. The van der Waals surface area contributed by atoms with E-state index in [1.807, 2.05) is 91.0 Å². The van der Waals surface area contributed by atoms with Crippen molar-refractivity contribution >= 4 is 38.7 Å². The number of halogens is 1. The molecule has 0 aliphatic heterocycles. The normalized spacial score (nSPS) is 11.9. The number of aryl methyl sites for hydroxylation is 1. The molecule has 0 radical (unpaired) electrons. The minimum absolute atomic E-state index is 0.0359. The van der Waals surface area contributed by atoms with E-state index in [0.29, 0.717) is 22.3 Å². The fourth-order valence-electron chi connectivity index (χ4n) is 5.08. The zero-order valence-corrected chi connectivity index (χ0v) is 25.6. The molecule has 0 amide bonds. The van der Waals surface area contributed by atoms with Crippen molar-refractivity contribution < 1.29 is 23.8 Å². The molecule has 1 aromatic heterocycles. The third-order valence-corrected chi connectivity index (χ3v) is 7.97. The van der Waals surface area contributed by atoms with Gasteiger partial charge in [0.1, 0.15) is 17.1 Å². The summed E-state index contributed by atoms with van der Waals surface area (Å²) in [5, 5.41) is 13.9. The van der Waals surface area contributed by atoms with Crippen LogP contribution in [0.15, 0.2) is 106 Å². The molecular weight excluding hydrogens is 606 g/mol. The van der Waals surface area contributed by atoms with Crippen LogP contribution in [-0.2, 0) is 24.2 Å². The van der Waals surface area contributed by atoms with Crippen LogP contribution in [0.2, 0.25) is 0 Å². The third kappa shape index (κ3) is 7.61. The fourth-order valence-corrected chi connectivity index (χ4v) is 5.55. The van der Waals surface area contributed by atoms with Crippen molar-refractivity contribution in [1.82, 2.24) is 5.32 Å². The van der Waals surface area contributed by atoms with Gasteiger partial charge in [-0.15, -0.1) is 0 Å². The van der Waals surface area contributed by atoms with Crippen LogP contribution in [-0.4, -0.2) is 29.5 Å². The molecular formula is C36H34BrNO5. The average molecular weight is 641 g/mol. The maximum atomic E-state index is 13.2. The highest BCUT2D eigenvalue weighted by Gasteiger charge is 2.22. The predicted octanol–water partition coefficient (Wildman–Crippen LogP) is 8.25. The minimum atomic E-state index is -1.01. The number of nitrogens with one attached hydrogen (secondary N) is 1. The van der Waals surface area contributed by atoms with Gasteiger partial charge in [-0.3, -0.25) is 4.79 Å². The molecule has 0 aliphatic rings. The largest absolute Gasteiger partial charge is 0.478 e. The lowest BCUT2D eigenvalue weighted by molar-refractivity contribution is -0.145. The highest BCUT2D eigenvalue weighted by Crippen LogP contribution is 2.32. The van der Waals surface area contributed by atoms with Gasteiger partial charge in [-0.25, -0.2) is 4.79 Å². The molecule has 1 unspecified atom stereocenters. The number of carbonyl (C=O) groups is 2. The number of rotatable bonds is 14. The fraction of sp³-hybridized carbons (Fsp3) is 0.222. The van der Waals surface area contributed by atoms with Gasteiger partial charge in [0.25, 0.3) is 0 Å². The molecule has 7 heteroatoms. The van der Waals surface area contributed by atoms with Crippen molar-refractivity contribution in [2.75, 3.05) is 6.54 Å². The van der Waals surface area contributed by atoms with Gasteiger partial charge in [0.2, 0.25) is 0 Å². The molecule has 220 valence electrons. The van der Waals surface area contributed by atoms with E-state index < -0.39 is 12.1 Å². The van der Waals surface area contributed by atoms with Gasteiger partial charge in [0.05, 0.1) is 16.6 Å². The van der Waals surface area contributed by atoms with Gasteiger partial charge >= 0.3 is 5.97 Å². The Morgan fingerprint density at radius 3 is 2.35 bits per heavy atom. The van der Waals surface area contributed by atoms with Crippen molar-refractivity contribution in [2.24, 2.45) is 0 Å². The Kier molecular flexibility index (Phi) is 10.1. The van der Waals surface area contributed by atoms with Crippen LogP contribution in [0.3, 0.4) is 0 Å². The van der Waals surface area contributed by atoms with Crippen molar-refractivity contribution in [3.05, 3.63) is 124 Å². The van der Waals surface area contributed by atoms with E-state index in [1.54, 1.807) is 6.07 Å². The number of furan rings is 1. The van der Waals surface area contributed by atoms with Gasteiger partial charge in [-0.1, -0.05) is 92.2 Å². The van der Waals surface area contributed by atoms with E-state index >= 15 is 0 Å². The van der Waals surface area contributed by atoms with Crippen LogP contribution >= 0.6 is 15.9 Å². The van der Waals surface area contributed by atoms with Gasteiger partial charge in [-0.2, -0.15) is 0 Å². The molecule has 1 atom stereocenters. The molecule has 0 aliphatic carbocycles. The lowest BCUT2D eigenvalue weighted by Gasteiger charge is -2.17. The number of hydrogen-bond donors (Lipinski definition) is 2. The first-order chi connectivity index (χ1) is 20.9. The number of carbonyl (C=O) groups excluding carboxylic acids is 1. The number of hydrogen-bond acceptors (Lipinski definition) is 5. The lowest BCUT2D eigenvalue weighted by atomic mass is 10.0. The standard InChI is InChI=1S/C36H34BrNO5/c1-2-3-12-33-35(28-11-7-8-13-31(28)42-33)30(39)23-38-22-25-14-16-26(17-15-25)27-18-19-32(29(37)21-27)43-34(36(40)41)20-24-9-5-4-6-10-24/h4-11,13-19,21,34,38H,2-3,12,20,22-23H2,1H3,(H,40,41). The first-order valence-corrected chi connectivity index (χ1v) is 15.3. The molecule has 0 bridgehead atoms. The van der Waals surface area contributed by atoms with E-state index in [-0.39, 0.29) is 18.7 Å². The monoisotopic (exact) mass is 639 g/mol. The number of carboxylic acid groups (broad SMARTS) is 1. The van der Waals surface area contributed by atoms with Crippen LogP contribution in [0.1, 0.15) is 47.0 Å². The van der Waals surface area contributed by atoms with Gasteiger partial charge in [-0.05, 0) is 62.8 Å². The van der Waals surface area contributed by atoms with E-state index in [9.17, 15) is 14.7 Å². The summed E-state index contributed by atoms with van der Waals surface area (Å²) >= 11 is 3.55.